The van der Waals surface area contributed by atoms with E-state index in [-0.39, 0.29) is 40.6 Å². The molecular weight excluding hydrogens is 350 g/mol. The Bertz CT molecular complexity index is 710. The highest BCUT2D eigenvalue weighted by Gasteiger charge is 2.14. The van der Waals surface area contributed by atoms with E-state index in [0.717, 1.165) is 12.1 Å². The van der Waals surface area contributed by atoms with Crippen LogP contribution in [-0.2, 0) is 0 Å². The minimum Gasteiger partial charge on any atom is -0.527 e. The molecule has 0 aliphatic carbocycles. The van der Waals surface area contributed by atoms with Gasteiger partial charge in [0.1, 0.15) is 11.5 Å². The van der Waals surface area contributed by atoms with Gasteiger partial charge in [-0.05, 0) is 12.1 Å². The Kier molecular flexibility index (Phi) is 5.25. The maximum absolute atomic E-state index is 10.7. The van der Waals surface area contributed by atoms with Gasteiger partial charge in [0.2, 0.25) is 0 Å². The van der Waals surface area contributed by atoms with Crippen LogP contribution in [0.15, 0.2) is 36.4 Å². The molecule has 0 aliphatic rings. The molecule has 0 saturated heterocycles. The zero-order valence-electron chi connectivity index (χ0n) is 11.3. The van der Waals surface area contributed by atoms with E-state index in [0.29, 0.717) is 0 Å². The van der Waals surface area contributed by atoms with Gasteiger partial charge in [0.15, 0.2) is 0 Å². The summed E-state index contributed by atoms with van der Waals surface area (Å²) in [7, 11) is -0.387. The summed E-state index contributed by atoms with van der Waals surface area (Å²) in [6.45, 7) is 0. The summed E-state index contributed by atoms with van der Waals surface area (Å²) in [4.78, 5) is 20.2. The molecule has 0 saturated carbocycles. The fraction of sp³-hybridized carbons (Fsp3) is 0. The SMILES string of the molecule is O=[N+]([O-])c1ccc(Cl)c(OBOc2cc([N+](=O)[O-])ccc2Cl)c1. The third-order valence-electron chi connectivity index (χ3n) is 2.68. The molecule has 0 bridgehead atoms. The van der Waals surface area contributed by atoms with Crippen LogP contribution in [0.25, 0.3) is 0 Å². The maximum atomic E-state index is 10.7. The predicted molar refractivity (Wildman–Crippen MR) is 84.6 cm³/mol. The molecule has 0 fully saturated rings. The molecule has 0 amide bonds. The molecule has 23 heavy (non-hydrogen) atoms. The van der Waals surface area contributed by atoms with Crippen LogP contribution in [0.4, 0.5) is 11.4 Å². The molecule has 2 aromatic rings. The minimum absolute atomic E-state index is 0.0439. The molecule has 8 nitrogen and oxygen atoms in total. The predicted octanol–water partition coefficient (Wildman–Crippen LogP) is 3.53. The van der Waals surface area contributed by atoms with Crippen LogP contribution < -0.4 is 9.31 Å². The zero-order valence-corrected chi connectivity index (χ0v) is 12.8. The van der Waals surface area contributed by atoms with E-state index in [1.165, 1.54) is 24.3 Å². The molecule has 0 aromatic heterocycles. The van der Waals surface area contributed by atoms with E-state index < -0.39 is 9.85 Å². The number of nitrogens with zero attached hydrogens (tertiary/aromatic N) is 2. The Hall–Kier alpha value is -2.52. The number of nitro benzene ring substituents is 2. The fourth-order valence-electron chi connectivity index (χ4n) is 1.59. The second-order valence-corrected chi connectivity index (χ2v) is 4.96. The Morgan fingerprint density at radius 3 is 1.57 bits per heavy atom. The summed E-state index contributed by atoms with van der Waals surface area (Å²) in [5, 5.41) is 21.7. The van der Waals surface area contributed by atoms with Crippen molar-refractivity contribution in [2.45, 2.75) is 0 Å². The largest absolute Gasteiger partial charge is 0.576 e. The van der Waals surface area contributed by atoms with Gasteiger partial charge < -0.3 is 9.31 Å². The quantitative estimate of drug-likeness (QED) is 0.445. The number of benzene rings is 2. The second kappa shape index (κ2) is 7.16. The van der Waals surface area contributed by atoms with E-state index in [1.54, 1.807) is 0 Å². The van der Waals surface area contributed by atoms with Crippen molar-refractivity contribution in [1.82, 2.24) is 0 Å². The number of nitro groups is 2. The normalized spacial score (nSPS) is 10.0. The molecule has 2 aromatic carbocycles. The van der Waals surface area contributed by atoms with E-state index in [4.69, 9.17) is 32.5 Å². The van der Waals surface area contributed by atoms with Gasteiger partial charge in [-0.1, -0.05) is 23.2 Å². The lowest BCUT2D eigenvalue weighted by atomic mass is 10.2. The van der Waals surface area contributed by atoms with Gasteiger partial charge in [-0.2, -0.15) is 0 Å². The monoisotopic (exact) mass is 356 g/mol. The maximum Gasteiger partial charge on any atom is 0.576 e. The first-order valence-electron chi connectivity index (χ1n) is 6.02. The average Bonchev–Trinajstić information content (AvgIpc) is 2.50. The molecule has 0 spiro atoms. The molecule has 2 rings (SSSR count). The Balaban J connectivity index is 2.08. The number of non-ortho nitro benzene ring substituents is 2. The van der Waals surface area contributed by atoms with Crippen molar-refractivity contribution in [1.29, 1.82) is 0 Å². The lowest BCUT2D eigenvalue weighted by molar-refractivity contribution is -0.385. The minimum atomic E-state index is -0.596. The van der Waals surface area contributed by atoms with E-state index in [1.807, 2.05) is 0 Å². The van der Waals surface area contributed by atoms with Crippen molar-refractivity contribution in [2.24, 2.45) is 0 Å². The number of hydrogen-bond acceptors (Lipinski definition) is 6. The smallest absolute Gasteiger partial charge is 0.527 e. The Labute approximate surface area is 140 Å². The van der Waals surface area contributed by atoms with Gasteiger partial charge in [0, 0.05) is 12.1 Å². The standard InChI is InChI=1S/C12H7BCl2N2O6/c14-9-3-1-7(16(18)19)5-11(9)22-13-23-12-6-8(17(20)21)2-4-10(12)15/h1-6,13H. The first-order valence-corrected chi connectivity index (χ1v) is 6.77. The summed E-state index contributed by atoms with van der Waals surface area (Å²) in [5.41, 5.74) is -0.393. The molecule has 118 valence electrons. The van der Waals surface area contributed by atoms with Crippen LogP contribution in [-0.4, -0.2) is 17.5 Å². The van der Waals surface area contributed by atoms with Crippen molar-refractivity contribution in [3.8, 4) is 11.5 Å². The summed E-state index contributed by atoms with van der Waals surface area (Å²) >= 11 is 11.7. The summed E-state index contributed by atoms with van der Waals surface area (Å²) < 4.78 is 10.4. The van der Waals surface area contributed by atoms with Gasteiger partial charge in [-0.25, -0.2) is 0 Å². The van der Waals surface area contributed by atoms with Gasteiger partial charge in [-0.3, -0.25) is 20.2 Å². The van der Waals surface area contributed by atoms with Crippen molar-refractivity contribution in [3.63, 3.8) is 0 Å². The highest BCUT2D eigenvalue weighted by atomic mass is 35.5. The summed E-state index contributed by atoms with van der Waals surface area (Å²) in [6, 6.07) is 7.37. The molecule has 0 radical (unpaired) electrons. The van der Waals surface area contributed by atoms with Gasteiger partial charge in [0.05, 0.1) is 32.0 Å². The van der Waals surface area contributed by atoms with Crippen LogP contribution in [0.2, 0.25) is 10.0 Å². The van der Waals surface area contributed by atoms with E-state index >= 15 is 0 Å². The number of rotatable bonds is 6. The Morgan fingerprint density at radius 2 is 1.22 bits per heavy atom. The lowest BCUT2D eigenvalue weighted by Crippen LogP contribution is -2.11. The van der Waals surface area contributed by atoms with Crippen molar-refractivity contribution >= 4 is 42.3 Å². The molecule has 11 heteroatoms. The molecule has 0 unspecified atom stereocenters. The van der Waals surface area contributed by atoms with E-state index in [2.05, 4.69) is 0 Å². The molecule has 0 heterocycles. The average molecular weight is 357 g/mol. The van der Waals surface area contributed by atoms with E-state index in [9.17, 15) is 20.2 Å². The van der Waals surface area contributed by atoms with Crippen LogP contribution in [0.1, 0.15) is 0 Å². The van der Waals surface area contributed by atoms with Crippen LogP contribution in [0, 0.1) is 20.2 Å². The first-order chi connectivity index (χ1) is 10.9. The lowest BCUT2D eigenvalue weighted by Gasteiger charge is -2.09. The van der Waals surface area contributed by atoms with Crippen molar-refractivity contribution < 1.29 is 19.2 Å². The van der Waals surface area contributed by atoms with Crippen molar-refractivity contribution in [3.05, 3.63) is 66.7 Å². The fourth-order valence-corrected chi connectivity index (χ4v) is 1.93. The molecule has 0 atom stereocenters. The topological polar surface area (TPSA) is 105 Å². The van der Waals surface area contributed by atoms with Crippen LogP contribution >= 0.6 is 23.2 Å². The third-order valence-corrected chi connectivity index (χ3v) is 3.30. The van der Waals surface area contributed by atoms with Gasteiger partial charge >= 0.3 is 7.69 Å². The van der Waals surface area contributed by atoms with Crippen LogP contribution in [0.3, 0.4) is 0 Å². The summed E-state index contributed by atoms with van der Waals surface area (Å²) in [6.07, 6.45) is 0. The number of halogens is 2. The van der Waals surface area contributed by atoms with Gasteiger partial charge in [-0.15, -0.1) is 0 Å². The van der Waals surface area contributed by atoms with Crippen LogP contribution in [0.5, 0.6) is 11.5 Å². The molecular formula is C12H7BCl2N2O6. The summed E-state index contributed by atoms with van der Waals surface area (Å²) in [5.74, 6) is 0.0878. The third kappa shape index (κ3) is 4.24. The Morgan fingerprint density at radius 1 is 0.826 bits per heavy atom. The highest BCUT2D eigenvalue weighted by molar-refractivity contribution is 6.34. The molecule has 0 aliphatic heterocycles. The second-order valence-electron chi connectivity index (χ2n) is 4.15. The van der Waals surface area contributed by atoms with Crippen molar-refractivity contribution in [2.75, 3.05) is 0 Å². The first kappa shape index (κ1) is 16.8. The number of hydrogen-bond donors (Lipinski definition) is 0. The highest BCUT2D eigenvalue weighted by Crippen LogP contribution is 2.30. The molecule has 0 N–H and O–H groups in total. The zero-order chi connectivity index (χ0) is 17.0. The van der Waals surface area contributed by atoms with Gasteiger partial charge in [0.25, 0.3) is 11.4 Å².